The molecule has 0 fully saturated rings. The van der Waals surface area contributed by atoms with Gasteiger partial charge in [-0.05, 0) is 42.3 Å². The Bertz CT molecular complexity index is 590. The van der Waals surface area contributed by atoms with E-state index < -0.39 is 0 Å². The van der Waals surface area contributed by atoms with Crippen LogP contribution in [0.1, 0.15) is 5.56 Å². The third-order valence-electron chi connectivity index (χ3n) is 3.16. The van der Waals surface area contributed by atoms with Crippen LogP contribution in [-0.4, -0.2) is 6.54 Å². The molecule has 1 heterocycles. The first kappa shape index (κ1) is 11.0. The van der Waals surface area contributed by atoms with E-state index in [2.05, 4.69) is 0 Å². The normalized spacial score (nSPS) is 13.8. The molecule has 2 N–H and O–H groups in total. The van der Waals surface area contributed by atoms with Gasteiger partial charge in [0, 0.05) is 23.6 Å². The van der Waals surface area contributed by atoms with Crippen LogP contribution in [0.4, 0.5) is 25.8 Å². The molecule has 2 aromatic carbocycles. The summed E-state index contributed by atoms with van der Waals surface area (Å²) in [7, 11) is 0. The molecule has 2 aromatic rings. The van der Waals surface area contributed by atoms with Crippen LogP contribution in [-0.2, 0) is 6.42 Å². The first-order valence-electron chi connectivity index (χ1n) is 5.75. The number of benzene rings is 2. The van der Waals surface area contributed by atoms with Gasteiger partial charge < -0.3 is 10.6 Å². The summed E-state index contributed by atoms with van der Waals surface area (Å²) in [5.74, 6) is -0.667. The molecule has 0 spiro atoms. The Morgan fingerprint density at radius 3 is 2.61 bits per heavy atom. The number of fused-ring (bicyclic) bond motifs is 1. The van der Waals surface area contributed by atoms with Gasteiger partial charge in [-0.15, -0.1) is 0 Å². The van der Waals surface area contributed by atoms with Crippen molar-refractivity contribution in [1.29, 1.82) is 0 Å². The summed E-state index contributed by atoms with van der Waals surface area (Å²) in [5.41, 5.74) is 8.53. The van der Waals surface area contributed by atoms with Gasteiger partial charge in [-0.25, -0.2) is 8.78 Å². The van der Waals surface area contributed by atoms with Crippen LogP contribution in [0.15, 0.2) is 36.4 Å². The van der Waals surface area contributed by atoms with Crippen LogP contribution in [0, 0.1) is 11.6 Å². The van der Waals surface area contributed by atoms with Gasteiger partial charge in [-0.1, -0.05) is 6.07 Å². The molecule has 0 saturated heterocycles. The highest BCUT2D eigenvalue weighted by Crippen LogP contribution is 2.35. The predicted octanol–water partition coefficient (Wildman–Crippen LogP) is 3.24. The van der Waals surface area contributed by atoms with Crippen LogP contribution in [0.5, 0.6) is 0 Å². The van der Waals surface area contributed by atoms with Gasteiger partial charge in [0.05, 0.1) is 0 Å². The third-order valence-corrected chi connectivity index (χ3v) is 3.16. The van der Waals surface area contributed by atoms with Crippen molar-refractivity contribution >= 4 is 17.1 Å². The lowest BCUT2D eigenvalue weighted by molar-refractivity contribution is 0.627. The first-order valence-corrected chi connectivity index (χ1v) is 5.75. The molecule has 0 unspecified atom stereocenters. The molecule has 4 heteroatoms. The summed E-state index contributed by atoms with van der Waals surface area (Å²) < 4.78 is 26.6. The fourth-order valence-corrected chi connectivity index (χ4v) is 2.37. The molecular formula is C14H12F2N2. The standard InChI is InChI=1S/C14H12F2N2/c15-10-2-1-9-3-4-18(14(9)7-10)13-6-11(16)5-12(17)8-13/h1-2,5-8H,3-4,17H2. The Morgan fingerprint density at radius 1 is 1.00 bits per heavy atom. The largest absolute Gasteiger partial charge is 0.399 e. The molecule has 2 nitrogen and oxygen atoms in total. The van der Waals surface area contributed by atoms with E-state index in [4.69, 9.17) is 5.73 Å². The quantitative estimate of drug-likeness (QED) is 0.783. The van der Waals surface area contributed by atoms with Crippen molar-refractivity contribution in [3.63, 3.8) is 0 Å². The van der Waals surface area contributed by atoms with Gasteiger partial charge in [-0.2, -0.15) is 0 Å². The lowest BCUT2D eigenvalue weighted by atomic mass is 10.1. The van der Waals surface area contributed by atoms with E-state index in [0.29, 0.717) is 17.9 Å². The van der Waals surface area contributed by atoms with Crippen molar-refractivity contribution in [1.82, 2.24) is 0 Å². The zero-order valence-corrected chi connectivity index (χ0v) is 9.66. The second-order valence-corrected chi connectivity index (χ2v) is 4.42. The number of nitrogen functional groups attached to an aromatic ring is 1. The Kier molecular flexibility index (Phi) is 2.44. The van der Waals surface area contributed by atoms with E-state index in [0.717, 1.165) is 17.7 Å². The minimum Gasteiger partial charge on any atom is -0.399 e. The maximum atomic E-state index is 13.4. The maximum Gasteiger partial charge on any atom is 0.127 e. The van der Waals surface area contributed by atoms with E-state index in [-0.39, 0.29) is 11.6 Å². The van der Waals surface area contributed by atoms with Crippen LogP contribution in [0.3, 0.4) is 0 Å². The van der Waals surface area contributed by atoms with Crippen molar-refractivity contribution in [2.75, 3.05) is 17.2 Å². The summed E-state index contributed by atoms with van der Waals surface area (Å²) in [6.07, 6.45) is 0.825. The zero-order chi connectivity index (χ0) is 12.7. The number of hydrogen-bond acceptors (Lipinski definition) is 2. The molecule has 92 valence electrons. The molecule has 0 amide bonds. The predicted molar refractivity (Wildman–Crippen MR) is 67.9 cm³/mol. The van der Waals surface area contributed by atoms with Crippen molar-refractivity contribution < 1.29 is 8.78 Å². The monoisotopic (exact) mass is 246 g/mol. The molecule has 0 bridgehead atoms. The number of nitrogens with two attached hydrogens (primary N) is 1. The van der Waals surface area contributed by atoms with Crippen LogP contribution in [0.2, 0.25) is 0 Å². The van der Waals surface area contributed by atoms with Crippen LogP contribution in [0.25, 0.3) is 0 Å². The zero-order valence-electron chi connectivity index (χ0n) is 9.66. The van der Waals surface area contributed by atoms with E-state index >= 15 is 0 Å². The number of hydrogen-bond donors (Lipinski definition) is 1. The summed E-state index contributed by atoms with van der Waals surface area (Å²) >= 11 is 0. The van der Waals surface area contributed by atoms with Crippen molar-refractivity contribution in [2.24, 2.45) is 0 Å². The van der Waals surface area contributed by atoms with Gasteiger partial charge in [0.15, 0.2) is 0 Å². The molecule has 0 saturated carbocycles. The lowest BCUT2D eigenvalue weighted by Gasteiger charge is -2.20. The van der Waals surface area contributed by atoms with Crippen molar-refractivity contribution in [2.45, 2.75) is 6.42 Å². The number of rotatable bonds is 1. The summed E-state index contributed by atoms with van der Waals surface area (Å²) in [4.78, 5) is 1.89. The molecule has 0 atom stereocenters. The highest BCUT2D eigenvalue weighted by atomic mass is 19.1. The SMILES string of the molecule is Nc1cc(F)cc(N2CCc3ccc(F)cc32)c1. The Hall–Kier alpha value is -2.10. The fraction of sp³-hybridized carbons (Fsp3) is 0.143. The number of anilines is 3. The average Bonchev–Trinajstić information content (AvgIpc) is 2.70. The second-order valence-electron chi connectivity index (χ2n) is 4.42. The molecule has 1 aliphatic heterocycles. The third kappa shape index (κ3) is 1.79. The Balaban J connectivity index is 2.08. The average molecular weight is 246 g/mol. The second kappa shape index (κ2) is 3.98. The topological polar surface area (TPSA) is 29.3 Å². The van der Waals surface area contributed by atoms with Crippen molar-refractivity contribution in [3.8, 4) is 0 Å². The Morgan fingerprint density at radius 2 is 1.83 bits per heavy atom. The fourth-order valence-electron chi connectivity index (χ4n) is 2.37. The smallest absolute Gasteiger partial charge is 0.127 e. The molecule has 18 heavy (non-hydrogen) atoms. The van der Waals surface area contributed by atoms with Gasteiger partial charge in [0.1, 0.15) is 11.6 Å². The number of nitrogens with zero attached hydrogens (tertiary/aromatic N) is 1. The lowest BCUT2D eigenvalue weighted by Crippen LogP contribution is -2.13. The minimum absolute atomic E-state index is 0.287. The Labute approximate surface area is 104 Å². The molecule has 0 radical (unpaired) electrons. The summed E-state index contributed by atoms with van der Waals surface area (Å²) in [6.45, 7) is 0.710. The van der Waals surface area contributed by atoms with Gasteiger partial charge in [-0.3, -0.25) is 0 Å². The molecular weight excluding hydrogens is 234 g/mol. The molecule has 1 aliphatic rings. The van der Waals surface area contributed by atoms with E-state index in [9.17, 15) is 8.78 Å². The molecule has 3 rings (SSSR count). The van der Waals surface area contributed by atoms with Gasteiger partial charge in [0.2, 0.25) is 0 Å². The van der Waals surface area contributed by atoms with Gasteiger partial charge >= 0.3 is 0 Å². The van der Waals surface area contributed by atoms with E-state index in [1.165, 1.54) is 24.3 Å². The molecule has 0 aromatic heterocycles. The molecule has 0 aliphatic carbocycles. The highest BCUT2D eigenvalue weighted by molar-refractivity contribution is 5.71. The highest BCUT2D eigenvalue weighted by Gasteiger charge is 2.21. The van der Waals surface area contributed by atoms with E-state index in [1.54, 1.807) is 12.1 Å². The van der Waals surface area contributed by atoms with Crippen LogP contribution >= 0.6 is 0 Å². The summed E-state index contributed by atoms with van der Waals surface area (Å²) in [6, 6.07) is 9.07. The minimum atomic E-state index is -0.380. The maximum absolute atomic E-state index is 13.4. The van der Waals surface area contributed by atoms with Crippen LogP contribution < -0.4 is 10.6 Å². The number of halogens is 2. The van der Waals surface area contributed by atoms with Gasteiger partial charge in [0.25, 0.3) is 0 Å². The first-order chi connectivity index (χ1) is 8.63. The van der Waals surface area contributed by atoms with Crippen molar-refractivity contribution in [3.05, 3.63) is 53.6 Å². The van der Waals surface area contributed by atoms with E-state index in [1.807, 2.05) is 4.90 Å². The summed E-state index contributed by atoms with van der Waals surface area (Å²) in [5, 5.41) is 0.